The molecule has 3 aromatic carbocycles. The summed E-state index contributed by atoms with van der Waals surface area (Å²) in [7, 11) is -4.53. The molecular formula is C30H32Cl2F3N3O4S. The molecule has 1 N–H and O–H groups in total. The molecule has 0 aliphatic rings. The lowest BCUT2D eigenvalue weighted by Gasteiger charge is -2.33. The summed E-state index contributed by atoms with van der Waals surface area (Å²) in [6.07, 6.45) is -3.94. The van der Waals surface area contributed by atoms with Gasteiger partial charge in [0.1, 0.15) is 12.6 Å². The van der Waals surface area contributed by atoms with Crippen LogP contribution in [0.3, 0.4) is 0 Å². The molecule has 0 aliphatic heterocycles. The average molecular weight is 659 g/mol. The van der Waals surface area contributed by atoms with Crippen molar-refractivity contribution in [3.8, 4) is 0 Å². The first-order valence-electron chi connectivity index (χ1n) is 13.5. The molecule has 0 saturated heterocycles. The normalized spacial score (nSPS) is 12.5. The minimum atomic E-state index is -4.76. The summed E-state index contributed by atoms with van der Waals surface area (Å²) in [6.45, 7) is 4.63. The number of carbonyl (C=O) groups excluding carboxylic acids is 2. The molecule has 3 rings (SSSR count). The second-order valence-electron chi connectivity index (χ2n) is 9.86. The predicted octanol–water partition coefficient (Wildman–Crippen LogP) is 6.85. The summed E-state index contributed by atoms with van der Waals surface area (Å²) in [5.74, 6) is -1.26. The van der Waals surface area contributed by atoms with Crippen molar-refractivity contribution in [3.63, 3.8) is 0 Å². The summed E-state index contributed by atoms with van der Waals surface area (Å²) in [5.41, 5.74) is -0.171. The van der Waals surface area contributed by atoms with E-state index in [1.165, 1.54) is 35.2 Å². The molecule has 2 amide bonds. The van der Waals surface area contributed by atoms with E-state index < -0.39 is 46.2 Å². The number of amides is 2. The van der Waals surface area contributed by atoms with Crippen LogP contribution in [0.25, 0.3) is 0 Å². The smallest absolute Gasteiger partial charge is 0.354 e. The van der Waals surface area contributed by atoms with Crippen LogP contribution in [-0.2, 0) is 32.3 Å². The van der Waals surface area contributed by atoms with Gasteiger partial charge in [-0.25, -0.2) is 8.42 Å². The standard InChI is InChI=1S/C30H32Cl2F3N3O4S/c1-4-15-36-29(40)27(5-2)37(18-21-11-14-25(31)26(32)16-21)28(39)19-38(23-8-6-7-22(17-23)30(33,34)35)43(41,42)24-12-9-20(3)10-13-24/h6-14,16-17,27H,4-5,15,18-19H2,1-3H3,(H,36,40). The molecule has 43 heavy (non-hydrogen) atoms. The first-order chi connectivity index (χ1) is 20.2. The summed E-state index contributed by atoms with van der Waals surface area (Å²) in [6, 6.07) is 13.1. The number of sulfonamides is 1. The van der Waals surface area contributed by atoms with Gasteiger partial charge in [-0.1, -0.05) is 66.9 Å². The maximum absolute atomic E-state index is 14.0. The average Bonchev–Trinajstić information content (AvgIpc) is 2.96. The Hall–Kier alpha value is -3.28. The van der Waals surface area contributed by atoms with Gasteiger partial charge < -0.3 is 10.2 Å². The zero-order valence-corrected chi connectivity index (χ0v) is 26.1. The number of benzene rings is 3. The molecule has 0 saturated carbocycles. The number of nitrogens with zero attached hydrogens (tertiary/aromatic N) is 2. The molecule has 13 heteroatoms. The topological polar surface area (TPSA) is 86.8 Å². The number of carbonyl (C=O) groups is 2. The molecule has 7 nitrogen and oxygen atoms in total. The fourth-order valence-electron chi connectivity index (χ4n) is 4.32. The Balaban J connectivity index is 2.12. The van der Waals surface area contributed by atoms with Crippen molar-refractivity contribution in [2.75, 3.05) is 17.4 Å². The molecule has 0 bridgehead atoms. The zero-order valence-electron chi connectivity index (χ0n) is 23.8. The van der Waals surface area contributed by atoms with Gasteiger partial charge in [-0.05, 0) is 67.8 Å². The largest absolute Gasteiger partial charge is 0.416 e. The molecule has 0 heterocycles. The van der Waals surface area contributed by atoms with Gasteiger partial charge in [-0.15, -0.1) is 0 Å². The third-order valence-corrected chi connectivity index (χ3v) is 9.15. The molecule has 0 aromatic heterocycles. The number of nitrogens with one attached hydrogen (secondary N) is 1. The molecule has 3 aromatic rings. The highest BCUT2D eigenvalue weighted by atomic mass is 35.5. The number of halogens is 5. The van der Waals surface area contributed by atoms with E-state index in [1.54, 1.807) is 32.0 Å². The SMILES string of the molecule is CCCNC(=O)C(CC)N(Cc1ccc(Cl)c(Cl)c1)C(=O)CN(c1cccc(C(F)(F)F)c1)S(=O)(=O)c1ccc(C)cc1. The van der Waals surface area contributed by atoms with E-state index in [9.17, 15) is 31.2 Å². The summed E-state index contributed by atoms with van der Waals surface area (Å²) < 4.78 is 69.3. The maximum atomic E-state index is 14.0. The quantitative estimate of drug-likeness (QED) is 0.231. The Bertz CT molecular complexity index is 1550. The third-order valence-electron chi connectivity index (χ3n) is 6.62. The van der Waals surface area contributed by atoms with Gasteiger partial charge in [0.05, 0.1) is 26.2 Å². The lowest BCUT2D eigenvalue weighted by atomic mass is 10.1. The van der Waals surface area contributed by atoms with Crippen LogP contribution in [0.2, 0.25) is 10.0 Å². The second-order valence-corrected chi connectivity index (χ2v) is 12.5. The Labute approximate surface area is 259 Å². The van der Waals surface area contributed by atoms with E-state index in [-0.39, 0.29) is 33.6 Å². The van der Waals surface area contributed by atoms with Crippen molar-refractivity contribution in [2.24, 2.45) is 0 Å². The van der Waals surface area contributed by atoms with Crippen molar-refractivity contribution in [2.45, 2.75) is 57.3 Å². The molecule has 1 atom stereocenters. The van der Waals surface area contributed by atoms with Crippen molar-refractivity contribution in [1.82, 2.24) is 10.2 Å². The minimum absolute atomic E-state index is 0.144. The molecule has 1 unspecified atom stereocenters. The third kappa shape index (κ3) is 8.64. The van der Waals surface area contributed by atoms with E-state index in [0.29, 0.717) is 28.9 Å². The van der Waals surface area contributed by atoms with Gasteiger partial charge in [0, 0.05) is 13.1 Å². The summed E-state index contributed by atoms with van der Waals surface area (Å²) >= 11 is 12.2. The highest BCUT2D eigenvalue weighted by Gasteiger charge is 2.36. The highest BCUT2D eigenvalue weighted by molar-refractivity contribution is 7.92. The number of alkyl halides is 3. The summed E-state index contributed by atoms with van der Waals surface area (Å²) in [5, 5.41) is 3.24. The number of hydrogen-bond acceptors (Lipinski definition) is 4. The van der Waals surface area contributed by atoms with Gasteiger partial charge in [0.15, 0.2) is 0 Å². The van der Waals surface area contributed by atoms with E-state index >= 15 is 0 Å². The Morgan fingerprint density at radius 3 is 2.21 bits per heavy atom. The predicted molar refractivity (Wildman–Crippen MR) is 162 cm³/mol. The molecule has 0 spiro atoms. The van der Waals surface area contributed by atoms with Gasteiger partial charge in [-0.3, -0.25) is 13.9 Å². The van der Waals surface area contributed by atoms with Crippen LogP contribution in [0.5, 0.6) is 0 Å². The van der Waals surface area contributed by atoms with E-state index in [1.807, 2.05) is 6.92 Å². The first-order valence-corrected chi connectivity index (χ1v) is 15.7. The van der Waals surface area contributed by atoms with Crippen LogP contribution < -0.4 is 9.62 Å². The number of aryl methyl sites for hydroxylation is 1. The van der Waals surface area contributed by atoms with Crippen LogP contribution in [0.1, 0.15) is 43.4 Å². The first kappa shape index (κ1) is 34.2. The summed E-state index contributed by atoms with van der Waals surface area (Å²) in [4.78, 5) is 28.2. The minimum Gasteiger partial charge on any atom is -0.354 e. The Morgan fingerprint density at radius 1 is 0.953 bits per heavy atom. The van der Waals surface area contributed by atoms with Gasteiger partial charge in [0.2, 0.25) is 11.8 Å². The maximum Gasteiger partial charge on any atom is 0.416 e. The van der Waals surface area contributed by atoms with Crippen LogP contribution in [0.4, 0.5) is 18.9 Å². The van der Waals surface area contributed by atoms with Crippen molar-refractivity contribution in [1.29, 1.82) is 0 Å². The molecule has 0 radical (unpaired) electrons. The highest BCUT2D eigenvalue weighted by Crippen LogP contribution is 2.33. The van der Waals surface area contributed by atoms with Gasteiger partial charge in [0.25, 0.3) is 10.0 Å². The zero-order chi connectivity index (χ0) is 31.9. The van der Waals surface area contributed by atoms with E-state index in [0.717, 1.165) is 17.7 Å². The van der Waals surface area contributed by atoms with Crippen LogP contribution in [0.15, 0.2) is 71.6 Å². The lowest BCUT2D eigenvalue weighted by molar-refractivity contribution is -0.140. The Morgan fingerprint density at radius 2 is 1.63 bits per heavy atom. The number of hydrogen-bond donors (Lipinski definition) is 1. The van der Waals surface area contributed by atoms with Gasteiger partial charge >= 0.3 is 6.18 Å². The van der Waals surface area contributed by atoms with E-state index in [2.05, 4.69) is 5.32 Å². The number of rotatable bonds is 12. The fraction of sp³-hybridized carbons (Fsp3) is 0.333. The molecular weight excluding hydrogens is 626 g/mol. The lowest BCUT2D eigenvalue weighted by Crippen LogP contribution is -2.52. The monoisotopic (exact) mass is 657 g/mol. The van der Waals surface area contributed by atoms with Crippen LogP contribution in [-0.4, -0.2) is 44.3 Å². The molecule has 232 valence electrons. The number of anilines is 1. The Kier molecular flexibility index (Phi) is 11.5. The van der Waals surface area contributed by atoms with Crippen LogP contribution in [0, 0.1) is 6.92 Å². The van der Waals surface area contributed by atoms with Crippen molar-refractivity contribution >= 4 is 50.7 Å². The van der Waals surface area contributed by atoms with Gasteiger partial charge in [-0.2, -0.15) is 13.2 Å². The van der Waals surface area contributed by atoms with Crippen molar-refractivity contribution < 1.29 is 31.2 Å². The van der Waals surface area contributed by atoms with Crippen molar-refractivity contribution in [3.05, 3.63) is 93.5 Å². The second kappa shape index (κ2) is 14.5. The molecule has 0 aliphatic carbocycles. The van der Waals surface area contributed by atoms with Crippen LogP contribution >= 0.6 is 23.2 Å². The van der Waals surface area contributed by atoms with E-state index in [4.69, 9.17) is 23.2 Å². The fourth-order valence-corrected chi connectivity index (χ4v) is 6.05. The molecule has 0 fully saturated rings.